The number of carbonyl (C=O) groups excluding carboxylic acids is 1. The monoisotopic (exact) mass is 460 g/mol. The van der Waals surface area contributed by atoms with Gasteiger partial charge in [-0.05, 0) is 42.5 Å². The maximum absolute atomic E-state index is 11.8. The highest BCUT2D eigenvalue weighted by atomic mass is 16.1. The van der Waals surface area contributed by atoms with Crippen molar-refractivity contribution in [3.8, 4) is 33.9 Å². The average molecular weight is 461 g/mol. The van der Waals surface area contributed by atoms with Gasteiger partial charge in [-0.25, -0.2) is 4.98 Å². The van der Waals surface area contributed by atoms with Gasteiger partial charge in [0.2, 0.25) is 5.91 Å². The first-order chi connectivity index (χ1) is 17.2. The summed E-state index contributed by atoms with van der Waals surface area (Å²) in [5, 5.41) is 11.4. The lowest BCUT2D eigenvalue weighted by Crippen LogP contribution is -2.09. The van der Waals surface area contributed by atoms with Crippen LogP contribution >= 0.6 is 0 Å². The highest BCUT2D eigenvalue weighted by Crippen LogP contribution is 2.33. The van der Waals surface area contributed by atoms with Crippen LogP contribution in [0.2, 0.25) is 0 Å². The first-order valence-electron chi connectivity index (χ1n) is 11.2. The molecule has 0 unspecified atom stereocenters. The Morgan fingerprint density at radius 2 is 1.86 bits per heavy atom. The van der Waals surface area contributed by atoms with E-state index < -0.39 is 0 Å². The molecule has 170 valence electrons. The minimum Gasteiger partial charge on any atom is -0.353 e. The fourth-order valence-corrected chi connectivity index (χ4v) is 4.06. The van der Waals surface area contributed by atoms with E-state index in [1.807, 2.05) is 49.4 Å². The molecule has 0 aliphatic rings. The van der Waals surface area contributed by atoms with Crippen molar-refractivity contribution in [1.29, 1.82) is 0 Å². The van der Waals surface area contributed by atoms with Gasteiger partial charge in [0.15, 0.2) is 0 Å². The van der Waals surface area contributed by atoms with E-state index in [9.17, 15) is 4.79 Å². The number of nitrogens with one attached hydrogen (secondary N) is 3. The van der Waals surface area contributed by atoms with Crippen LogP contribution in [-0.2, 0) is 4.79 Å². The van der Waals surface area contributed by atoms with Crippen molar-refractivity contribution in [3.05, 3.63) is 73.4 Å². The number of fused-ring (bicyclic) bond motifs is 2. The van der Waals surface area contributed by atoms with Crippen LogP contribution in [-0.4, -0.2) is 41.0 Å². The fraction of sp³-hybridized carbons (Fsp3) is 0.0769. The Morgan fingerprint density at radius 1 is 0.943 bits per heavy atom. The van der Waals surface area contributed by atoms with E-state index in [-0.39, 0.29) is 5.91 Å². The fourth-order valence-electron chi connectivity index (χ4n) is 4.06. The number of pyridine rings is 4. The van der Waals surface area contributed by atoms with E-state index in [1.165, 1.54) is 0 Å². The lowest BCUT2D eigenvalue weighted by Gasteiger charge is -2.06. The number of hydrogen-bond acceptors (Lipinski definition) is 6. The SMILES string of the molecule is CCC(=O)Nc1cncc(-c2ccc3[nH]nc(-c4cc5c(-c6cccnc6)nccc5[nH]4)c3n2)c1. The van der Waals surface area contributed by atoms with E-state index in [0.29, 0.717) is 17.8 Å². The van der Waals surface area contributed by atoms with Crippen LogP contribution < -0.4 is 5.32 Å². The summed E-state index contributed by atoms with van der Waals surface area (Å²) in [5.41, 5.74) is 7.99. The third-order valence-electron chi connectivity index (χ3n) is 5.78. The summed E-state index contributed by atoms with van der Waals surface area (Å²) >= 11 is 0. The Bertz CT molecular complexity index is 1690. The molecule has 6 aromatic heterocycles. The standard InChI is InChI=1S/C26H20N8O/c1-2-23(35)30-17-10-16(13-28-14-17)19-5-6-21-25(32-19)26(34-33-21)22-11-18-20(31-22)7-9-29-24(18)15-4-3-8-27-12-15/h3-14,31H,2H2,1H3,(H,30,35)(H,33,34). The average Bonchev–Trinajstić information content (AvgIpc) is 3.53. The molecule has 0 bridgehead atoms. The number of anilines is 1. The van der Waals surface area contributed by atoms with Gasteiger partial charge in [0.1, 0.15) is 11.2 Å². The molecule has 0 radical (unpaired) electrons. The molecule has 6 aromatic rings. The molecule has 9 heteroatoms. The zero-order valence-corrected chi connectivity index (χ0v) is 18.8. The molecule has 9 nitrogen and oxygen atoms in total. The van der Waals surface area contributed by atoms with Crippen molar-refractivity contribution in [2.24, 2.45) is 0 Å². The molecule has 3 N–H and O–H groups in total. The van der Waals surface area contributed by atoms with Crippen LogP contribution in [0, 0.1) is 0 Å². The second-order valence-corrected chi connectivity index (χ2v) is 8.07. The minimum absolute atomic E-state index is 0.0663. The molecular formula is C26H20N8O. The van der Waals surface area contributed by atoms with E-state index >= 15 is 0 Å². The first-order valence-corrected chi connectivity index (χ1v) is 11.2. The summed E-state index contributed by atoms with van der Waals surface area (Å²) in [6.07, 6.45) is 9.07. The Morgan fingerprint density at radius 3 is 2.71 bits per heavy atom. The molecule has 0 aromatic carbocycles. The van der Waals surface area contributed by atoms with E-state index in [4.69, 9.17) is 4.98 Å². The van der Waals surface area contributed by atoms with Crippen LogP contribution in [0.5, 0.6) is 0 Å². The van der Waals surface area contributed by atoms with Crippen LogP contribution in [0.3, 0.4) is 0 Å². The smallest absolute Gasteiger partial charge is 0.224 e. The third-order valence-corrected chi connectivity index (χ3v) is 5.78. The number of carbonyl (C=O) groups is 1. The van der Waals surface area contributed by atoms with Crippen molar-refractivity contribution in [1.82, 2.24) is 35.1 Å². The second-order valence-electron chi connectivity index (χ2n) is 8.07. The predicted molar refractivity (Wildman–Crippen MR) is 134 cm³/mol. The van der Waals surface area contributed by atoms with E-state index in [2.05, 4.69) is 35.5 Å². The van der Waals surface area contributed by atoms with Crippen LogP contribution in [0.4, 0.5) is 5.69 Å². The molecule has 0 saturated carbocycles. The van der Waals surface area contributed by atoms with Crippen molar-refractivity contribution in [2.75, 3.05) is 5.32 Å². The van der Waals surface area contributed by atoms with Gasteiger partial charge in [-0.3, -0.25) is 24.8 Å². The summed E-state index contributed by atoms with van der Waals surface area (Å²) in [6, 6.07) is 13.6. The maximum atomic E-state index is 11.8. The van der Waals surface area contributed by atoms with Gasteiger partial charge < -0.3 is 10.3 Å². The summed E-state index contributed by atoms with van der Waals surface area (Å²) in [6.45, 7) is 1.81. The van der Waals surface area contributed by atoms with Crippen LogP contribution in [0.15, 0.2) is 73.4 Å². The molecule has 0 atom stereocenters. The van der Waals surface area contributed by atoms with Gasteiger partial charge in [-0.2, -0.15) is 5.10 Å². The van der Waals surface area contributed by atoms with Gasteiger partial charge in [-0.1, -0.05) is 6.92 Å². The quantitative estimate of drug-likeness (QED) is 0.333. The molecule has 0 aliphatic heterocycles. The Kier molecular flexibility index (Phi) is 4.99. The number of hydrogen-bond donors (Lipinski definition) is 3. The number of nitrogens with zero attached hydrogens (tertiary/aromatic N) is 5. The Labute approximate surface area is 199 Å². The molecule has 35 heavy (non-hydrogen) atoms. The zero-order valence-electron chi connectivity index (χ0n) is 18.8. The molecule has 6 heterocycles. The third kappa shape index (κ3) is 3.78. The van der Waals surface area contributed by atoms with Gasteiger partial charge in [0.05, 0.1) is 34.5 Å². The molecule has 0 spiro atoms. The molecular weight excluding hydrogens is 440 g/mol. The van der Waals surface area contributed by atoms with E-state index in [0.717, 1.165) is 50.1 Å². The molecule has 6 rings (SSSR count). The Balaban J connectivity index is 1.43. The van der Waals surface area contributed by atoms with Crippen molar-refractivity contribution < 1.29 is 4.79 Å². The summed E-state index contributed by atoms with van der Waals surface area (Å²) < 4.78 is 0. The number of aromatic nitrogens is 7. The number of amides is 1. The summed E-state index contributed by atoms with van der Waals surface area (Å²) in [5.74, 6) is -0.0663. The van der Waals surface area contributed by atoms with E-state index in [1.54, 1.807) is 31.0 Å². The molecule has 0 fully saturated rings. The van der Waals surface area contributed by atoms with Gasteiger partial charge >= 0.3 is 0 Å². The Hall–Kier alpha value is -4.92. The first kappa shape index (κ1) is 20.7. The van der Waals surface area contributed by atoms with Gasteiger partial charge in [0.25, 0.3) is 0 Å². The lowest BCUT2D eigenvalue weighted by atomic mass is 10.1. The van der Waals surface area contributed by atoms with Crippen molar-refractivity contribution in [2.45, 2.75) is 13.3 Å². The normalized spacial score (nSPS) is 11.2. The van der Waals surface area contributed by atoms with Gasteiger partial charge in [0, 0.05) is 53.2 Å². The topological polar surface area (TPSA) is 125 Å². The lowest BCUT2D eigenvalue weighted by molar-refractivity contribution is -0.115. The molecule has 0 aliphatic carbocycles. The predicted octanol–water partition coefficient (Wildman–Crippen LogP) is 4.97. The van der Waals surface area contributed by atoms with Crippen LogP contribution in [0.25, 0.3) is 55.8 Å². The number of H-pyrrole nitrogens is 2. The maximum Gasteiger partial charge on any atom is 0.224 e. The molecule has 0 saturated heterocycles. The highest BCUT2D eigenvalue weighted by molar-refractivity contribution is 5.99. The highest BCUT2D eigenvalue weighted by Gasteiger charge is 2.16. The van der Waals surface area contributed by atoms with Crippen molar-refractivity contribution >= 4 is 33.5 Å². The zero-order chi connectivity index (χ0) is 23.8. The minimum atomic E-state index is -0.0663. The van der Waals surface area contributed by atoms with Crippen LogP contribution in [0.1, 0.15) is 13.3 Å². The summed E-state index contributed by atoms with van der Waals surface area (Å²) in [7, 11) is 0. The van der Waals surface area contributed by atoms with Crippen molar-refractivity contribution in [3.63, 3.8) is 0 Å². The second kappa shape index (κ2) is 8.45. The molecule has 1 amide bonds. The largest absolute Gasteiger partial charge is 0.353 e. The summed E-state index contributed by atoms with van der Waals surface area (Å²) in [4.78, 5) is 33.2. The number of rotatable bonds is 5. The number of aromatic amines is 2. The van der Waals surface area contributed by atoms with Gasteiger partial charge in [-0.15, -0.1) is 0 Å².